The van der Waals surface area contributed by atoms with Crippen molar-refractivity contribution < 1.29 is 9.84 Å². The van der Waals surface area contributed by atoms with Crippen LogP contribution < -0.4 is 10.1 Å². The molecule has 1 aromatic rings. The van der Waals surface area contributed by atoms with E-state index in [1.54, 1.807) is 7.11 Å². The number of aliphatic hydroxyl groups is 1. The van der Waals surface area contributed by atoms with Gasteiger partial charge in [-0.15, -0.1) is 0 Å². The van der Waals surface area contributed by atoms with Crippen LogP contribution in [0.15, 0.2) is 18.2 Å². The molecule has 3 atom stereocenters. The summed E-state index contributed by atoms with van der Waals surface area (Å²) in [5.41, 5.74) is 2.79. The summed E-state index contributed by atoms with van der Waals surface area (Å²) in [6.45, 7) is 0. The molecule has 1 aromatic carbocycles. The van der Waals surface area contributed by atoms with Gasteiger partial charge in [0.05, 0.1) is 7.11 Å². The van der Waals surface area contributed by atoms with Gasteiger partial charge in [0.15, 0.2) is 0 Å². The predicted octanol–water partition coefficient (Wildman–Crippen LogP) is 1.80. The van der Waals surface area contributed by atoms with Gasteiger partial charge in [0.25, 0.3) is 0 Å². The molecule has 0 saturated carbocycles. The highest BCUT2D eigenvalue weighted by Crippen LogP contribution is 2.42. The number of methoxy groups -OCH3 is 1. The standard InChI is InChI=1S/C14H19NO2/c1-17-12-4-2-3-9-5-7-11-10(14(9)12)6-8-13(16)15-11/h2-4,10-11,13,15-16H,5-8H2,1H3/t10-,11-,13-/m1/s1. The van der Waals surface area contributed by atoms with Crippen LogP contribution in [0.5, 0.6) is 5.75 Å². The maximum Gasteiger partial charge on any atom is 0.122 e. The maximum absolute atomic E-state index is 9.68. The highest BCUT2D eigenvalue weighted by atomic mass is 16.5. The zero-order valence-electron chi connectivity index (χ0n) is 10.1. The van der Waals surface area contributed by atoms with Crippen molar-refractivity contribution in [1.29, 1.82) is 0 Å². The number of nitrogens with one attached hydrogen (secondary N) is 1. The molecule has 1 aliphatic carbocycles. The van der Waals surface area contributed by atoms with E-state index in [1.165, 1.54) is 11.1 Å². The minimum absolute atomic E-state index is 0.326. The van der Waals surface area contributed by atoms with Gasteiger partial charge in [-0.1, -0.05) is 12.1 Å². The second kappa shape index (κ2) is 4.31. The first-order valence-electron chi connectivity index (χ1n) is 6.39. The Morgan fingerprint density at radius 3 is 3.00 bits per heavy atom. The minimum Gasteiger partial charge on any atom is -0.496 e. The Labute approximate surface area is 102 Å². The third-order valence-electron chi connectivity index (χ3n) is 4.12. The first-order valence-corrected chi connectivity index (χ1v) is 6.39. The highest BCUT2D eigenvalue weighted by molar-refractivity contribution is 5.45. The van der Waals surface area contributed by atoms with Crippen LogP contribution in [-0.4, -0.2) is 24.5 Å². The monoisotopic (exact) mass is 233 g/mol. The number of aryl methyl sites for hydroxylation is 1. The molecule has 3 nitrogen and oxygen atoms in total. The van der Waals surface area contributed by atoms with Crippen molar-refractivity contribution in [2.24, 2.45) is 0 Å². The van der Waals surface area contributed by atoms with Crippen LogP contribution in [0.4, 0.5) is 0 Å². The van der Waals surface area contributed by atoms with Crippen LogP contribution in [0.1, 0.15) is 36.3 Å². The molecule has 0 unspecified atom stereocenters. The van der Waals surface area contributed by atoms with E-state index in [2.05, 4.69) is 17.4 Å². The summed E-state index contributed by atoms with van der Waals surface area (Å²) >= 11 is 0. The molecule has 0 spiro atoms. The fourth-order valence-electron chi connectivity index (χ4n) is 3.33. The second-order valence-corrected chi connectivity index (χ2v) is 5.04. The zero-order valence-corrected chi connectivity index (χ0v) is 10.1. The summed E-state index contributed by atoms with van der Waals surface area (Å²) in [4.78, 5) is 0. The summed E-state index contributed by atoms with van der Waals surface area (Å²) in [6, 6.07) is 6.73. The Hall–Kier alpha value is -1.06. The number of piperidine rings is 1. The van der Waals surface area contributed by atoms with Gasteiger partial charge >= 0.3 is 0 Å². The molecule has 17 heavy (non-hydrogen) atoms. The Balaban J connectivity index is 2.00. The molecule has 92 valence electrons. The van der Waals surface area contributed by atoms with E-state index < -0.39 is 0 Å². The molecule has 0 aromatic heterocycles. The molecular weight excluding hydrogens is 214 g/mol. The van der Waals surface area contributed by atoms with Crippen LogP contribution in [0.2, 0.25) is 0 Å². The highest BCUT2D eigenvalue weighted by Gasteiger charge is 2.35. The molecule has 1 fully saturated rings. The molecule has 1 saturated heterocycles. The van der Waals surface area contributed by atoms with Crippen molar-refractivity contribution in [3.63, 3.8) is 0 Å². The van der Waals surface area contributed by atoms with Crippen LogP contribution in [0.25, 0.3) is 0 Å². The van der Waals surface area contributed by atoms with Gasteiger partial charge in [-0.05, 0) is 37.3 Å². The van der Waals surface area contributed by atoms with Gasteiger partial charge in [0, 0.05) is 17.5 Å². The summed E-state index contributed by atoms with van der Waals surface area (Å²) in [7, 11) is 1.74. The lowest BCUT2D eigenvalue weighted by atomic mass is 9.74. The topological polar surface area (TPSA) is 41.5 Å². The SMILES string of the molecule is COc1cccc2c1[C@@H]1CC[C@@H](O)N[C@@H]1CC2. The molecule has 3 heteroatoms. The summed E-state index contributed by atoms with van der Waals surface area (Å²) in [5, 5.41) is 13.0. The van der Waals surface area contributed by atoms with Crippen molar-refractivity contribution in [3.8, 4) is 5.75 Å². The Bertz CT molecular complexity index is 404. The predicted molar refractivity (Wildman–Crippen MR) is 66.2 cm³/mol. The molecule has 0 bridgehead atoms. The second-order valence-electron chi connectivity index (χ2n) is 5.04. The molecular formula is C14H19NO2. The van der Waals surface area contributed by atoms with Crippen molar-refractivity contribution >= 4 is 0 Å². The van der Waals surface area contributed by atoms with Crippen molar-refractivity contribution in [2.45, 2.75) is 43.9 Å². The van der Waals surface area contributed by atoms with Gasteiger partial charge in [0.2, 0.25) is 0 Å². The number of fused-ring (bicyclic) bond motifs is 3. The van der Waals surface area contributed by atoms with Crippen molar-refractivity contribution in [3.05, 3.63) is 29.3 Å². The first-order chi connectivity index (χ1) is 8.29. The van der Waals surface area contributed by atoms with Crippen molar-refractivity contribution in [2.75, 3.05) is 7.11 Å². The molecule has 2 aliphatic rings. The third kappa shape index (κ3) is 1.83. The van der Waals surface area contributed by atoms with Crippen molar-refractivity contribution in [1.82, 2.24) is 5.32 Å². The Morgan fingerprint density at radius 1 is 1.29 bits per heavy atom. The number of ether oxygens (including phenoxy) is 1. The zero-order chi connectivity index (χ0) is 11.8. The molecule has 0 amide bonds. The van der Waals surface area contributed by atoms with E-state index in [4.69, 9.17) is 4.74 Å². The normalized spacial score (nSPS) is 31.5. The quantitative estimate of drug-likeness (QED) is 0.777. The van der Waals surface area contributed by atoms with E-state index in [0.29, 0.717) is 12.0 Å². The van der Waals surface area contributed by atoms with Gasteiger partial charge in [-0.2, -0.15) is 0 Å². The molecule has 1 aliphatic heterocycles. The first kappa shape index (κ1) is 11.1. The largest absolute Gasteiger partial charge is 0.496 e. The Morgan fingerprint density at radius 2 is 2.18 bits per heavy atom. The molecule has 0 radical (unpaired) electrons. The number of aliphatic hydroxyl groups excluding tert-OH is 1. The van der Waals surface area contributed by atoms with E-state index in [1.807, 2.05) is 6.07 Å². The van der Waals surface area contributed by atoms with Gasteiger partial charge in [-0.3, -0.25) is 5.32 Å². The van der Waals surface area contributed by atoms with E-state index >= 15 is 0 Å². The lowest BCUT2D eigenvalue weighted by molar-refractivity contribution is 0.0704. The Kier molecular flexibility index (Phi) is 2.81. The maximum atomic E-state index is 9.68. The molecule has 2 N–H and O–H groups in total. The van der Waals surface area contributed by atoms with Crippen LogP contribution >= 0.6 is 0 Å². The van der Waals surface area contributed by atoms with Gasteiger partial charge < -0.3 is 9.84 Å². The summed E-state index contributed by atoms with van der Waals surface area (Å²) in [6.07, 6.45) is 3.74. The molecule has 3 rings (SSSR count). The number of rotatable bonds is 1. The molecule has 1 heterocycles. The van der Waals surface area contributed by atoms with Crippen LogP contribution in [0.3, 0.4) is 0 Å². The number of hydrogen-bond donors (Lipinski definition) is 2. The summed E-state index contributed by atoms with van der Waals surface area (Å²) in [5.74, 6) is 1.51. The lowest BCUT2D eigenvalue weighted by Crippen LogP contribution is -2.48. The van der Waals surface area contributed by atoms with Gasteiger partial charge in [0.1, 0.15) is 12.0 Å². The fraction of sp³-hybridized carbons (Fsp3) is 0.571. The van der Waals surface area contributed by atoms with Crippen LogP contribution in [-0.2, 0) is 6.42 Å². The third-order valence-corrected chi connectivity index (χ3v) is 4.12. The van der Waals surface area contributed by atoms with Gasteiger partial charge in [-0.25, -0.2) is 0 Å². The number of benzene rings is 1. The lowest BCUT2D eigenvalue weighted by Gasteiger charge is -2.40. The minimum atomic E-state index is -0.326. The van der Waals surface area contributed by atoms with E-state index in [9.17, 15) is 5.11 Å². The van der Waals surface area contributed by atoms with E-state index in [-0.39, 0.29) is 6.23 Å². The average Bonchev–Trinajstić information content (AvgIpc) is 2.37. The average molecular weight is 233 g/mol. The van der Waals surface area contributed by atoms with Crippen LogP contribution in [0, 0.1) is 0 Å². The fourth-order valence-corrected chi connectivity index (χ4v) is 3.33. The number of hydrogen-bond acceptors (Lipinski definition) is 3. The smallest absolute Gasteiger partial charge is 0.122 e. The summed E-state index contributed by atoms with van der Waals surface area (Å²) < 4.78 is 5.50. The van der Waals surface area contributed by atoms with E-state index in [0.717, 1.165) is 31.4 Å².